The van der Waals surface area contributed by atoms with Crippen LogP contribution in [0.5, 0.6) is 0 Å². The Morgan fingerprint density at radius 3 is 2.28 bits per heavy atom. The fourth-order valence-corrected chi connectivity index (χ4v) is 5.11. The first-order valence-corrected chi connectivity index (χ1v) is 11.5. The van der Waals surface area contributed by atoms with Crippen molar-refractivity contribution in [2.24, 2.45) is 0 Å². The lowest BCUT2D eigenvalue weighted by Crippen LogP contribution is -2.45. The van der Waals surface area contributed by atoms with Crippen molar-refractivity contribution in [3.05, 3.63) is 112 Å². The van der Waals surface area contributed by atoms with Gasteiger partial charge in [0.25, 0.3) is 5.91 Å². The minimum Gasteiger partial charge on any atom is -0.480 e. The minimum absolute atomic E-state index is 0.208. The number of carboxylic acid groups (broad SMARTS) is 1. The molecule has 1 aliphatic heterocycles. The topological polar surface area (TPSA) is 57.6 Å². The zero-order valence-corrected chi connectivity index (χ0v) is 19.0. The van der Waals surface area contributed by atoms with Crippen molar-refractivity contribution in [1.82, 2.24) is 4.90 Å². The third-order valence-electron chi connectivity index (χ3n) is 5.41. The first kappa shape index (κ1) is 22.2. The van der Waals surface area contributed by atoms with Crippen LogP contribution in [0.25, 0.3) is 4.91 Å². The molecule has 1 aliphatic rings. The van der Waals surface area contributed by atoms with Crippen molar-refractivity contribution in [1.29, 1.82) is 0 Å². The summed E-state index contributed by atoms with van der Waals surface area (Å²) in [6, 6.07) is 23.6. The summed E-state index contributed by atoms with van der Waals surface area (Å²) in [4.78, 5) is 28.3. The Balaban J connectivity index is 1.77. The van der Waals surface area contributed by atoms with E-state index < -0.39 is 17.3 Å². The van der Waals surface area contributed by atoms with Gasteiger partial charge in [-0.2, -0.15) is 0 Å². The van der Waals surface area contributed by atoms with Gasteiger partial charge in [0, 0.05) is 22.0 Å². The van der Waals surface area contributed by atoms with E-state index in [1.54, 1.807) is 23.1 Å². The number of hydrogen-bond acceptors (Lipinski definition) is 3. The molecule has 4 nitrogen and oxygen atoms in total. The highest BCUT2D eigenvalue weighted by molar-refractivity contribution is 8.09. The standard InChI is InChI=1S/C26H22ClNO3S/c1-17-11-13-19(14-12-17)25(29)28(16-20-9-5-6-10-21(20)27)22-15-23(32-24(22)26(30)31)18-7-3-2-4-8-18/h2-15,22,24H,16H2,1H3,(H,30,31). The second kappa shape index (κ2) is 9.63. The molecule has 0 radical (unpaired) electrons. The molecule has 4 rings (SSSR count). The Morgan fingerprint density at radius 2 is 1.62 bits per heavy atom. The van der Waals surface area contributed by atoms with Gasteiger partial charge in [-0.05, 0) is 42.3 Å². The molecule has 0 fully saturated rings. The summed E-state index contributed by atoms with van der Waals surface area (Å²) >= 11 is 7.67. The molecule has 0 saturated heterocycles. The van der Waals surface area contributed by atoms with Crippen LogP contribution in [0, 0.1) is 6.92 Å². The lowest BCUT2D eigenvalue weighted by Gasteiger charge is -2.31. The molecule has 0 spiro atoms. The SMILES string of the molecule is Cc1ccc(C(=O)N(Cc2ccccc2Cl)C2C=C(c3ccccc3)SC2C(=O)O)cc1. The van der Waals surface area contributed by atoms with Gasteiger partial charge in [-0.25, -0.2) is 0 Å². The number of benzene rings is 3. The number of carbonyl (C=O) groups excluding carboxylic acids is 1. The summed E-state index contributed by atoms with van der Waals surface area (Å²) in [6.07, 6.45) is 1.89. The van der Waals surface area contributed by atoms with Gasteiger partial charge in [0.15, 0.2) is 0 Å². The molecular weight excluding hydrogens is 442 g/mol. The summed E-state index contributed by atoms with van der Waals surface area (Å²) in [7, 11) is 0. The summed E-state index contributed by atoms with van der Waals surface area (Å²) < 4.78 is 0. The van der Waals surface area contributed by atoms with Crippen LogP contribution in [-0.2, 0) is 11.3 Å². The molecule has 3 aromatic rings. The van der Waals surface area contributed by atoms with Gasteiger partial charge in [-0.1, -0.05) is 77.8 Å². The van der Waals surface area contributed by atoms with Crippen molar-refractivity contribution < 1.29 is 14.7 Å². The van der Waals surface area contributed by atoms with E-state index in [4.69, 9.17) is 11.6 Å². The van der Waals surface area contributed by atoms with Gasteiger partial charge in [-0.3, -0.25) is 9.59 Å². The number of nitrogens with zero attached hydrogens (tertiary/aromatic N) is 1. The molecule has 32 heavy (non-hydrogen) atoms. The number of hydrogen-bond donors (Lipinski definition) is 1. The molecule has 1 amide bonds. The van der Waals surface area contributed by atoms with E-state index in [0.29, 0.717) is 10.6 Å². The number of carbonyl (C=O) groups is 2. The van der Waals surface area contributed by atoms with Crippen LogP contribution in [0.15, 0.2) is 84.9 Å². The number of carboxylic acids is 1. The molecule has 0 aromatic heterocycles. The average molecular weight is 464 g/mol. The third-order valence-corrected chi connectivity index (χ3v) is 7.13. The van der Waals surface area contributed by atoms with Crippen LogP contribution < -0.4 is 0 Å². The smallest absolute Gasteiger partial charge is 0.319 e. The maximum atomic E-state index is 13.6. The van der Waals surface area contributed by atoms with Gasteiger partial charge >= 0.3 is 5.97 Å². The predicted molar refractivity (Wildman–Crippen MR) is 130 cm³/mol. The van der Waals surface area contributed by atoms with Gasteiger partial charge in [0.1, 0.15) is 5.25 Å². The van der Waals surface area contributed by atoms with Crippen LogP contribution in [0.1, 0.15) is 27.0 Å². The second-order valence-electron chi connectivity index (χ2n) is 7.65. The summed E-state index contributed by atoms with van der Waals surface area (Å²) in [5.41, 5.74) is 3.26. The van der Waals surface area contributed by atoms with Crippen LogP contribution in [0.2, 0.25) is 5.02 Å². The van der Waals surface area contributed by atoms with Gasteiger partial charge < -0.3 is 10.0 Å². The normalized spacial score (nSPS) is 17.6. The maximum Gasteiger partial charge on any atom is 0.319 e. The van der Waals surface area contributed by atoms with E-state index >= 15 is 0 Å². The molecule has 0 saturated carbocycles. The maximum absolute atomic E-state index is 13.6. The number of aryl methyl sites for hydroxylation is 1. The lowest BCUT2D eigenvalue weighted by atomic mass is 10.0. The molecule has 6 heteroatoms. The molecule has 2 atom stereocenters. The highest BCUT2D eigenvalue weighted by Gasteiger charge is 2.40. The number of aliphatic carboxylic acids is 1. The minimum atomic E-state index is -0.956. The molecule has 0 aliphatic carbocycles. The Hall–Kier alpha value is -3.02. The first-order valence-electron chi connectivity index (χ1n) is 10.2. The molecule has 2 unspecified atom stereocenters. The number of rotatable bonds is 6. The Morgan fingerprint density at radius 1 is 0.969 bits per heavy atom. The fourth-order valence-electron chi connectivity index (χ4n) is 3.69. The van der Waals surface area contributed by atoms with E-state index in [2.05, 4.69) is 0 Å². The molecule has 3 aromatic carbocycles. The van der Waals surface area contributed by atoms with Gasteiger partial charge in [0.2, 0.25) is 0 Å². The first-order chi connectivity index (χ1) is 15.4. The molecule has 1 N–H and O–H groups in total. The van der Waals surface area contributed by atoms with E-state index in [9.17, 15) is 14.7 Å². The van der Waals surface area contributed by atoms with Crippen LogP contribution in [-0.4, -0.2) is 33.2 Å². The number of amides is 1. The van der Waals surface area contributed by atoms with Crippen molar-refractivity contribution in [2.75, 3.05) is 0 Å². The number of halogens is 1. The number of thioether (sulfide) groups is 1. The van der Waals surface area contributed by atoms with Gasteiger partial charge in [-0.15, -0.1) is 11.8 Å². The summed E-state index contributed by atoms with van der Waals surface area (Å²) in [5.74, 6) is -1.18. The molecule has 162 valence electrons. The highest BCUT2D eigenvalue weighted by atomic mass is 35.5. The monoisotopic (exact) mass is 463 g/mol. The zero-order valence-electron chi connectivity index (χ0n) is 17.4. The molecule has 0 bridgehead atoms. The van der Waals surface area contributed by atoms with Crippen LogP contribution in [0.4, 0.5) is 0 Å². The largest absolute Gasteiger partial charge is 0.480 e. The van der Waals surface area contributed by atoms with E-state index in [1.165, 1.54) is 11.8 Å². The summed E-state index contributed by atoms with van der Waals surface area (Å²) in [5, 5.41) is 9.71. The third kappa shape index (κ3) is 4.74. The molecule has 1 heterocycles. The average Bonchev–Trinajstić information content (AvgIpc) is 3.25. The van der Waals surface area contributed by atoms with Crippen molar-refractivity contribution in [3.8, 4) is 0 Å². The Bertz CT molecular complexity index is 1160. The van der Waals surface area contributed by atoms with Crippen molar-refractivity contribution in [2.45, 2.75) is 24.8 Å². The zero-order chi connectivity index (χ0) is 22.7. The van der Waals surface area contributed by atoms with Crippen LogP contribution in [0.3, 0.4) is 0 Å². The van der Waals surface area contributed by atoms with Crippen molar-refractivity contribution >= 4 is 40.1 Å². The Labute approximate surface area is 196 Å². The molecular formula is C26H22ClNO3S. The summed E-state index contributed by atoms with van der Waals surface area (Å²) in [6.45, 7) is 2.17. The quantitative estimate of drug-likeness (QED) is 0.494. The van der Waals surface area contributed by atoms with E-state index in [1.807, 2.05) is 73.7 Å². The van der Waals surface area contributed by atoms with E-state index in [-0.39, 0.29) is 12.5 Å². The lowest BCUT2D eigenvalue weighted by molar-refractivity contribution is -0.137. The van der Waals surface area contributed by atoms with E-state index in [0.717, 1.165) is 21.6 Å². The van der Waals surface area contributed by atoms with Crippen molar-refractivity contribution in [3.63, 3.8) is 0 Å². The van der Waals surface area contributed by atoms with Gasteiger partial charge in [0.05, 0.1) is 6.04 Å². The fraction of sp³-hybridized carbons (Fsp3) is 0.154. The second-order valence-corrected chi connectivity index (χ2v) is 9.25. The predicted octanol–water partition coefficient (Wildman–Crippen LogP) is 5.90. The highest BCUT2D eigenvalue weighted by Crippen LogP contribution is 2.42. The van der Waals surface area contributed by atoms with Crippen LogP contribution >= 0.6 is 23.4 Å². The Kier molecular flexibility index (Phi) is 6.68.